The minimum Gasteiger partial charge on any atom is -0.491 e. The lowest BCUT2D eigenvalue weighted by atomic mass is 10.2. The van der Waals surface area contributed by atoms with Crippen molar-refractivity contribution < 1.29 is 9.47 Å². The quantitative estimate of drug-likeness (QED) is 0.454. The fourth-order valence-electron chi connectivity index (χ4n) is 3.83. The first kappa shape index (κ1) is 19.1. The number of anilines is 2. The highest BCUT2D eigenvalue weighted by Crippen LogP contribution is 2.33. The van der Waals surface area contributed by atoms with Crippen LogP contribution in [0.5, 0.6) is 5.75 Å². The molecule has 0 saturated carbocycles. The number of halogens is 1. The molecule has 0 amide bonds. The van der Waals surface area contributed by atoms with Gasteiger partial charge in [0.25, 0.3) is 0 Å². The smallest absolute Gasteiger partial charge is 0.147 e. The van der Waals surface area contributed by atoms with Gasteiger partial charge in [0, 0.05) is 24.7 Å². The van der Waals surface area contributed by atoms with Gasteiger partial charge in [-0.3, -0.25) is 0 Å². The topological polar surface area (TPSA) is 100 Å². The van der Waals surface area contributed by atoms with Crippen LogP contribution in [0.25, 0.3) is 21.9 Å². The summed E-state index contributed by atoms with van der Waals surface area (Å²) in [5.41, 5.74) is 7.56. The summed E-state index contributed by atoms with van der Waals surface area (Å²) in [7, 11) is 1.86. The summed E-state index contributed by atoms with van der Waals surface area (Å²) in [5, 5.41) is 5.09. The zero-order valence-corrected chi connectivity index (χ0v) is 18.0. The van der Waals surface area contributed by atoms with Crippen LogP contribution >= 0.6 is 15.9 Å². The third kappa shape index (κ3) is 3.44. The summed E-state index contributed by atoms with van der Waals surface area (Å²) in [6.07, 6.45) is 5.34. The third-order valence-electron chi connectivity index (χ3n) is 5.35. The third-order valence-corrected chi connectivity index (χ3v) is 5.98. The number of pyridine rings is 1. The van der Waals surface area contributed by atoms with Gasteiger partial charge in [0.15, 0.2) is 0 Å². The summed E-state index contributed by atoms with van der Waals surface area (Å²) in [6, 6.07) is 9.79. The molecular formula is C21H21BrN6O2. The van der Waals surface area contributed by atoms with Gasteiger partial charge in [0.05, 0.1) is 21.5 Å². The first-order valence-corrected chi connectivity index (χ1v) is 10.5. The van der Waals surface area contributed by atoms with E-state index in [1.54, 1.807) is 6.33 Å². The van der Waals surface area contributed by atoms with Crippen molar-refractivity contribution in [1.82, 2.24) is 19.5 Å². The van der Waals surface area contributed by atoms with E-state index in [4.69, 9.17) is 15.2 Å². The zero-order chi connectivity index (χ0) is 20.7. The van der Waals surface area contributed by atoms with E-state index in [-0.39, 0.29) is 12.3 Å². The molecule has 0 spiro atoms. The predicted molar refractivity (Wildman–Crippen MR) is 120 cm³/mol. The van der Waals surface area contributed by atoms with E-state index in [1.807, 2.05) is 43.6 Å². The summed E-state index contributed by atoms with van der Waals surface area (Å²) >= 11 is 3.41. The predicted octanol–water partition coefficient (Wildman–Crippen LogP) is 4.12. The first-order chi connectivity index (χ1) is 14.6. The molecule has 0 bridgehead atoms. The molecule has 4 heterocycles. The summed E-state index contributed by atoms with van der Waals surface area (Å²) in [6.45, 7) is 0.476. The number of aromatic nitrogens is 4. The fraction of sp³-hybridized carbons (Fsp3) is 0.286. The van der Waals surface area contributed by atoms with E-state index < -0.39 is 0 Å². The second-order valence-electron chi connectivity index (χ2n) is 7.24. The summed E-state index contributed by atoms with van der Waals surface area (Å²) in [4.78, 5) is 13.1. The Labute approximate surface area is 181 Å². The Bertz CT molecular complexity index is 1230. The molecule has 8 nitrogen and oxygen atoms in total. The van der Waals surface area contributed by atoms with Crippen LogP contribution in [0.2, 0.25) is 0 Å². The molecule has 154 valence electrons. The molecule has 3 N–H and O–H groups in total. The SMILES string of the molecule is CNc1ncnc2c1ccn2[C@H]1CC[C@@H](COc2ccc3cc(Br)c(N)nc3c2)O1. The van der Waals surface area contributed by atoms with Gasteiger partial charge in [-0.15, -0.1) is 0 Å². The van der Waals surface area contributed by atoms with Gasteiger partial charge in [-0.2, -0.15) is 0 Å². The van der Waals surface area contributed by atoms with Crippen molar-refractivity contribution in [3.05, 3.63) is 47.3 Å². The summed E-state index contributed by atoms with van der Waals surface area (Å²) in [5.74, 6) is 2.03. The Hall–Kier alpha value is -2.91. The van der Waals surface area contributed by atoms with Crippen molar-refractivity contribution in [3.8, 4) is 5.75 Å². The van der Waals surface area contributed by atoms with Crippen molar-refractivity contribution in [2.75, 3.05) is 24.7 Å². The van der Waals surface area contributed by atoms with Crippen LogP contribution in [0, 0.1) is 0 Å². The number of fused-ring (bicyclic) bond motifs is 2. The van der Waals surface area contributed by atoms with Crippen molar-refractivity contribution in [2.24, 2.45) is 0 Å². The highest BCUT2D eigenvalue weighted by atomic mass is 79.9. The van der Waals surface area contributed by atoms with Crippen molar-refractivity contribution in [3.63, 3.8) is 0 Å². The second kappa shape index (κ2) is 7.73. The number of benzene rings is 1. The van der Waals surface area contributed by atoms with E-state index in [0.29, 0.717) is 12.4 Å². The molecule has 0 unspecified atom stereocenters. The van der Waals surface area contributed by atoms with Gasteiger partial charge in [-0.05, 0) is 53.0 Å². The molecule has 0 aliphatic carbocycles. The fourth-order valence-corrected chi connectivity index (χ4v) is 4.17. The lowest BCUT2D eigenvalue weighted by Gasteiger charge is -2.16. The molecule has 30 heavy (non-hydrogen) atoms. The highest BCUT2D eigenvalue weighted by Gasteiger charge is 2.28. The molecule has 1 aliphatic heterocycles. The van der Waals surface area contributed by atoms with Gasteiger partial charge < -0.3 is 25.1 Å². The van der Waals surface area contributed by atoms with Crippen LogP contribution in [0.1, 0.15) is 19.1 Å². The second-order valence-corrected chi connectivity index (χ2v) is 8.10. The molecule has 1 fully saturated rings. The maximum atomic E-state index is 6.25. The van der Waals surface area contributed by atoms with Crippen LogP contribution in [0.3, 0.4) is 0 Å². The molecule has 9 heteroatoms. The number of nitrogens with zero attached hydrogens (tertiary/aromatic N) is 4. The number of nitrogens with one attached hydrogen (secondary N) is 1. The van der Waals surface area contributed by atoms with E-state index in [1.165, 1.54) is 0 Å². The Kier molecular flexibility index (Phi) is 4.92. The Morgan fingerprint density at radius 1 is 1.27 bits per heavy atom. The number of rotatable bonds is 5. The van der Waals surface area contributed by atoms with Crippen LogP contribution in [0.4, 0.5) is 11.6 Å². The van der Waals surface area contributed by atoms with Crippen molar-refractivity contribution in [1.29, 1.82) is 0 Å². The van der Waals surface area contributed by atoms with Crippen LogP contribution < -0.4 is 15.8 Å². The maximum absolute atomic E-state index is 6.25. The van der Waals surface area contributed by atoms with Crippen LogP contribution in [-0.4, -0.2) is 39.3 Å². The lowest BCUT2D eigenvalue weighted by molar-refractivity contribution is -0.0156. The van der Waals surface area contributed by atoms with Crippen LogP contribution in [0.15, 0.2) is 47.3 Å². The number of hydrogen-bond acceptors (Lipinski definition) is 7. The van der Waals surface area contributed by atoms with Gasteiger partial charge in [0.1, 0.15) is 42.2 Å². The van der Waals surface area contributed by atoms with Gasteiger partial charge in [-0.25, -0.2) is 15.0 Å². The standard InChI is InChI=1S/C21H21BrN6O2/c1-24-20-15-6-7-28(21(15)26-11-25-20)18-5-4-14(30-18)10-29-13-3-2-12-8-16(22)19(23)27-17(12)9-13/h2-3,6-9,11,14,18H,4-5,10H2,1H3,(H2,23,27)(H,24,25,26)/t14-,18+/m0/s1. The first-order valence-electron chi connectivity index (χ1n) is 9.75. The van der Waals surface area contributed by atoms with E-state index in [0.717, 1.165) is 50.8 Å². The van der Waals surface area contributed by atoms with Crippen LogP contribution in [-0.2, 0) is 4.74 Å². The maximum Gasteiger partial charge on any atom is 0.147 e. The normalized spacial score (nSPS) is 18.9. The van der Waals surface area contributed by atoms with Gasteiger partial charge >= 0.3 is 0 Å². The molecule has 1 saturated heterocycles. The largest absolute Gasteiger partial charge is 0.491 e. The average Bonchev–Trinajstić information content (AvgIpc) is 3.39. The molecule has 1 aromatic carbocycles. The van der Waals surface area contributed by atoms with Gasteiger partial charge in [0.2, 0.25) is 0 Å². The molecule has 1 aliphatic rings. The van der Waals surface area contributed by atoms with Gasteiger partial charge in [-0.1, -0.05) is 0 Å². The van der Waals surface area contributed by atoms with E-state index in [9.17, 15) is 0 Å². The number of nitrogen functional groups attached to an aromatic ring is 1. The molecule has 3 aromatic heterocycles. The monoisotopic (exact) mass is 468 g/mol. The zero-order valence-electron chi connectivity index (χ0n) is 16.4. The van der Waals surface area contributed by atoms with E-state index in [2.05, 4.69) is 40.8 Å². The Balaban J connectivity index is 1.27. The molecular weight excluding hydrogens is 448 g/mol. The average molecular weight is 469 g/mol. The number of hydrogen-bond donors (Lipinski definition) is 2. The highest BCUT2D eigenvalue weighted by molar-refractivity contribution is 9.10. The summed E-state index contributed by atoms with van der Waals surface area (Å²) < 4.78 is 15.1. The van der Waals surface area contributed by atoms with E-state index >= 15 is 0 Å². The van der Waals surface area contributed by atoms with Crippen molar-refractivity contribution in [2.45, 2.75) is 25.2 Å². The number of ether oxygens (including phenoxy) is 2. The minimum atomic E-state index is -0.0638. The number of nitrogens with two attached hydrogens (primary N) is 1. The molecule has 2 atom stereocenters. The lowest BCUT2D eigenvalue weighted by Crippen LogP contribution is -2.18. The molecule has 5 rings (SSSR count). The minimum absolute atomic E-state index is 0.0108. The Morgan fingerprint density at radius 3 is 3.03 bits per heavy atom. The van der Waals surface area contributed by atoms with Crippen molar-refractivity contribution >= 4 is 49.5 Å². The Morgan fingerprint density at radius 2 is 2.17 bits per heavy atom. The molecule has 0 radical (unpaired) electrons. The molecule has 4 aromatic rings.